The summed E-state index contributed by atoms with van der Waals surface area (Å²) in [4.78, 5) is 26.4. The van der Waals surface area contributed by atoms with Crippen molar-refractivity contribution in [1.82, 2.24) is 9.88 Å². The molecule has 1 aromatic heterocycles. The van der Waals surface area contributed by atoms with E-state index in [1.807, 2.05) is 11.3 Å². The maximum atomic E-state index is 9.55. The van der Waals surface area contributed by atoms with Crippen molar-refractivity contribution in [2.75, 3.05) is 20.1 Å². The van der Waals surface area contributed by atoms with Gasteiger partial charge in [0.2, 0.25) is 0 Å². The largest absolute Gasteiger partial charge is 0.478 e. The Morgan fingerprint density at radius 2 is 2.04 bits per heavy atom. The quantitative estimate of drug-likeness (QED) is 0.590. The molecule has 0 radical (unpaired) electrons. The summed E-state index contributed by atoms with van der Waals surface area (Å²) in [7, 11) is 2.18. The molecular weight excluding hydrogens is 376 g/mol. The summed E-state index contributed by atoms with van der Waals surface area (Å²) >= 11 is 1.87. The molecule has 2 aliphatic carbocycles. The Kier molecular flexibility index (Phi) is 6.38. The lowest BCUT2D eigenvalue weighted by atomic mass is 10.0. The van der Waals surface area contributed by atoms with E-state index >= 15 is 0 Å². The number of fused-ring (bicyclic) bond motifs is 2. The van der Waals surface area contributed by atoms with Crippen molar-refractivity contribution in [3.8, 4) is 0 Å². The molecule has 0 saturated carbocycles. The fourth-order valence-electron chi connectivity index (χ4n) is 3.16. The fourth-order valence-corrected chi connectivity index (χ4v) is 4.26. The Hall–Kier alpha value is -2.77. The molecule has 0 atom stereocenters. The molecule has 4 rings (SSSR count). The van der Waals surface area contributed by atoms with Crippen LogP contribution in [-0.4, -0.2) is 52.2 Å². The average molecular weight is 398 g/mol. The van der Waals surface area contributed by atoms with Crippen LogP contribution in [0.15, 0.2) is 47.6 Å². The SMILES string of the molecule is CN1CC=C(Cc2nc3c(s2)=CC2=CC=CCC=32)CC1.O=C(O)C=CC(=O)O. The van der Waals surface area contributed by atoms with Gasteiger partial charge in [0.25, 0.3) is 0 Å². The monoisotopic (exact) mass is 398 g/mol. The van der Waals surface area contributed by atoms with Gasteiger partial charge in [-0.25, -0.2) is 14.6 Å². The second-order valence-corrected chi connectivity index (χ2v) is 7.87. The summed E-state index contributed by atoms with van der Waals surface area (Å²) in [6.45, 7) is 2.26. The van der Waals surface area contributed by atoms with Crippen molar-refractivity contribution < 1.29 is 19.8 Å². The Morgan fingerprint density at radius 3 is 2.68 bits per heavy atom. The lowest BCUT2D eigenvalue weighted by Crippen LogP contribution is -2.24. The molecule has 28 heavy (non-hydrogen) atoms. The number of carboxylic acid groups (broad SMARTS) is 2. The van der Waals surface area contributed by atoms with Gasteiger partial charge in [-0.05, 0) is 37.1 Å². The van der Waals surface area contributed by atoms with Crippen LogP contribution in [0, 0.1) is 0 Å². The van der Waals surface area contributed by atoms with E-state index in [2.05, 4.69) is 42.3 Å². The van der Waals surface area contributed by atoms with E-state index in [-0.39, 0.29) is 0 Å². The van der Waals surface area contributed by atoms with E-state index < -0.39 is 11.9 Å². The Morgan fingerprint density at radius 1 is 1.29 bits per heavy atom. The second-order valence-electron chi connectivity index (χ2n) is 6.76. The van der Waals surface area contributed by atoms with Crippen LogP contribution >= 0.6 is 11.3 Å². The predicted molar refractivity (Wildman–Crippen MR) is 109 cm³/mol. The number of hydrogen-bond donors (Lipinski definition) is 2. The van der Waals surface area contributed by atoms with Gasteiger partial charge in [-0.3, -0.25) is 0 Å². The number of likely N-dealkylation sites (N-methyl/N-ethyl adjacent to an activating group) is 1. The van der Waals surface area contributed by atoms with Crippen molar-refractivity contribution in [3.63, 3.8) is 0 Å². The van der Waals surface area contributed by atoms with Crippen LogP contribution in [0.4, 0.5) is 0 Å². The zero-order chi connectivity index (χ0) is 20.1. The van der Waals surface area contributed by atoms with Gasteiger partial charge >= 0.3 is 11.9 Å². The molecule has 0 bridgehead atoms. The summed E-state index contributed by atoms with van der Waals surface area (Å²) in [5.41, 5.74) is 4.34. The lowest BCUT2D eigenvalue weighted by Gasteiger charge is -2.21. The maximum absolute atomic E-state index is 9.55. The summed E-state index contributed by atoms with van der Waals surface area (Å²) in [5, 5.41) is 18.1. The molecule has 0 amide bonds. The predicted octanol–water partition coefficient (Wildman–Crippen LogP) is 1.49. The van der Waals surface area contributed by atoms with E-state index in [9.17, 15) is 9.59 Å². The van der Waals surface area contributed by atoms with Crippen molar-refractivity contribution in [2.45, 2.75) is 19.3 Å². The molecule has 7 heteroatoms. The minimum atomic E-state index is -1.26. The van der Waals surface area contributed by atoms with Crippen LogP contribution in [0.1, 0.15) is 17.8 Å². The number of thiazole rings is 1. The van der Waals surface area contributed by atoms with Crippen molar-refractivity contribution in [1.29, 1.82) is 0 Å². The third-order valence-corrected chi connectivity index (χ3v) is 5.61. The topological polar surface area (TPSA) is 90.7 Å². The Balaban J connectivity index is 0.000000242. The molecule has 1 aromatic rings. The van der Waals surface area contributed by atoms with E-state index in [4.69, 9.17) is 15.2 Å². The molecule has 146 valence electrons. The van der Waals surface area contributed by atoms with Gasteiger partial charge in [0.15, 0.2) is 0 Å². The standard InChI is InChI=1S/C17H18N2S.C4H4O4/c1-19-8-6-12(7-9-19)10-16-18-17-14-5-3-2-4-13(14)11-15(17)20-16;5-3(6)1-2-4(7)8/h2-4,6,11H,5,7-10H2,1H3;1-2H,(H,5,6)(H,7,8). The van der Waals surface area contributed by atoms with Gasteiger partial charge in [-0.1, -0.05) is 29.9 Å². The van der Waals surface area contributed by atoms with Crippen molar-refractivity contribution >= 4 is 34.9 Å². The number of aliphatic carboxylic acids is 2. The summed E-state index contributed by atoms with van der Waals surface area (Å²) in [6, 6.07) is 0. The molecule has 0 aromatic carbocycles. The smallest absolute Gasteiger partial charge is 0.328 e. The van der Waals surface area contributed by atoms with E-state index in [1.54, 1.807) is 5.57 Å². The summed E-state index contributed by atoms with van der Waals surface area (Å²) in [5.74, 6) is -2.51. The van der Waals surface area contributed by atoms with Crippen LogP contribution in [-0.2, 0) is 16.0 Å². The fraction of sp³-hybridized carbons (Fsp3) is 0.286. The van der Waals surface area contributed by atoms with Gasteiger partial charge in [-0.2, -0.15) is 0 Å². The van der Waals surface area contributed by atoms with Gasteiger partial charge in [0.1, 0.15) is 0 Å². The highest BCUT2D eigenvalue weighted by Gasteiger charge is 2.17. The highest BCUT2D eigenvalue weighted by Crippen LogP contribution is 2.24. The number of rotatable bonds is 4. The first-order chi connectivity index (χ1) is 13.4. The second kappa shape index (κ2) is 8.95. The number of nitrogens with zero attached hydrogens (tertiary/aromatic N) is 2. The van der Waals surface area contributed by atoms with Crippen LogP contribution in [0.25, 0.3) is 11.6 Å². The third-order valence-electron chi connectivity index (χ3n) is 4.61. The van der Waals surface area contributed by atoms with Crippen LogP contribution in [0.5, 0.6) is 0 Å². The van der Waals surface area contributed by atoms with Gasteiger partial charge in [0.05, 0.1) is 14.9 Å². The van der Waals surface area contributed by atoms with E-state index in [0.29, 0.717) is 12.2 Å². The molecule has 2 heterocycles. The first-order valence-corrected chi connectivity index (χ1v) is 9.82. The zero-order valence-corrected chi connectivity index (χ0v) is 16.4. The lowest BCUT2D eigenvalue weighted by molar-refractivity contribution is -0.134. The maximum Gasteiger partial charge on any atom is 0.328 e. The molecule has 1 aliphatic heterocycles. The van der Waals surface area contributed by atoms with E-state index in [1.165, 1.54) is 39.0 Å². The third kappa shape index (κ3) is 5.15. The molecule has 6 nitrogen and oxygen atoms in total. The number of carboxylic acids is 2. The number of aromatic nitrogens is 1. The minimum absolute atomic E-state index is 0.558. The van der Waals surface area contributed by atoms with Crippen LogP contribution in [0.3, 0.4) is 0 Å². The van der Waals surface area contributed by atoms with Gasteiger partial charge in [0, 0.05) is 31.7 Å². The summed E-state index contributed by atoms with van der Waals surface area (Å²) < 4.78 is 1.36. The van der Waals surface area contributed by atoms with Gasteiger partial charge in [-0.15, -0.1) is 11.3 Å². The van der Waals surface area contributed by atoms with Crippen LogP contribution in [0.2, 0.25) is 0 Å². The van der Waals surface area contributed by atoms with E-state index in [0.717, 1.165) is 19.4 Å². The van der Waals surface area contributed by atoms with Crippen molar-refractivity contribution in [3.05, 3.63) is 62.5 Å². The summed E-state index contributed by atoms with van der Waals surface area (Å²) in [6.07, 6.45) is 15.6. The Labute approximate surface area is 166 Å². The molecular formula is C21H22N2O4S. The zero-order valence-electron chi connectivity index (χ0n) is 15.6. The highest BCUT2D eigenvalue weighted by molar-refractivity contribution is 7.09. The highest BCUT2D eigenvalue weighted by atomic mass is 32.1. The van der Waals surface area contributed by atoms with Crippen molar-refractivity contribution in [2.24, 2.45) is 0 Å². The number of allylic oxidation sites excluding steroid dienone is 4. The molecule has 3 aliphatic rings. The number of carbonyl (C=O) groups is 2. The number of hydrogen-bond acceptors (Lipinski definition) is 5. The molecule has 0 spiro atoms. The first-order valence-electron chi connectivity index (χ1n) is 9.00. The Bertz CT molecular complexity index is 1010. The average Bonchev–Trinajstić information content (AvgIpc) is 3.20. The molecule has 2 N–H and O–H groups in total. The minimum Gasteiger partial charge on any atom is -0.478 e. The van der Waals surface area contributed by atoms with Crippen LogP contribution < -0.4 is 9.88 Å². The molecule has 0 unspecified atom stereocenters. The molecule has 0 saturated heterocycles. The first kappa shape index (κ1) is 20.0. The normalized spacial score (nSPS) is 17.8. The van der Waals surface area contributed by atoms with Gasteiger partial charge < -0.3 is 15.1 Å². The molecule has 0 fully saturated rings.